The van der Waals surface area contributed by atoms with Crippen molar-refractivity contribution in [2.75, 3.05) is 26.2 Å². The Morgan fingerprint density at radius 3 is 2.58 bits per heavy atom. The van der Waals surface area contributed by atoms with Crippen LogP contribution in [0, 0.1) is 0 Å². The van der Waals surface area contributed by atoms with Crippen molar-refractivity contribution in [2.24, 2.45) is 0 Å². The predicted octanol–water partition coefficient (Wildman–Crippen LogP) is 3.06. The second kappa shape index (κ2) is 7.38. The Kier molecular flexibility index (Phi) is 5.36. The molecule has 3 heterocycles. The van der Waals surface area contributed by atoms with Gasteiger partial charge in [0.25, 0.3) is 5.89 Å². The van der Waals surface area contributed by atoms with Crippen LogP contribution in [0.1, 0.15) is 19.7 Å². The van der Waals surface area contributed by atoms with Gasteiger partial charge in [0.15, 0.2) is 0 Å². The van der Waals surface area contributed by atoms with Crippen molar-refractivity contribution in [3.63, 3.8) is 0 Å². The van der Waals surface area contributed by atoms with Crippen molar-refractivity contribution in [1.82, 2.24) is 25.0 Å². The number of nitrogens with zero attached hydrogens (tertiary/aromatic N) is 5. The van der Waals surface area contributed by atoms with Crippen molar-refractivity contribution >= 4 is 29.3 Å². The third-order valence-electron chi connectivity index (χ3n) is 4.51. The van der Waals surface area contributed by atoms with E-state index in [4.69, 9.17) is 32.7 Å². The van der Waals surface area contributed by atoms with E-state index in [1.165, 1.54) is 17.2 Å². The molecule has 0 unspecified atom stereocenters. The molecule has 1 fully saturated rings. The summed E-state index contributed by atoms with van der Waals surface area (Å²) in [6, 6.07) is 1.52. The molecule has 10 heteroatoms. The first-order chi connectivity index (χ1) is 12.3. The molecular formula is C16H19Cl2N5O3. The average molecular weight is 400 g/mol. The quantitative estimate of drug-likeness (QED) is 0.788. The first-order valence-electron chi connectivity index (χ1n) is 8.13. The van der Waals surface area contributed by atoms with Crippen molar-refractivity contribution in [3.05, 3.63) is 28.3 Å². The highest BCUT2D eigenvalue weighted by molar-refractivity contribution is 6.35. The highest BCUT2D eigenvalue weighted by Gasteiger charge is 2.33. The average Bonchev–Trinajstić information content (AvgIpc) is 3.02. The van der Waals surface area contributed by atoms with Gasteiger partial charge in [0.2, 0.25) is 5.89 Å². The summed E-state index contributed by atoms with van der Waals surface area (Å²) in [6.45, 7) is 6.44. The van der Waals surface area contributed by atoms with Gasteiger partial charge in [0.05, 0.1) is 10.6 Å². The fraction of sp³-hybridized carbons (Fsp3) is 0.500. The van der Waals surface area contributed by atoms with Gasteiger partial charge < -0.3 is 14.4 Å². The van der Waals surface area contributed by atoms with Crippen LogP contribution < -0.4 is 0 Å². The Morgan fingerprint density at radius 1 is 1.27 bits per heavy atom. The number of aromatic nitrogens is 3. The van der Waals surface area contributed by atoms with Gasteiger partial charge in [0.1, 0.15) is 5.15 Å². The van der Waals surface area contributed by atoms with Crippen molar-refractivity contribution in [1.29, 1.82) is 0 Å². The van der Waals surface area contributed by atoms with E-state index in [0.29, 0.717) is 60.1 Å². The van der Waals surface area contributed by atoms with E-state index in [0.717, 1.165) is 0 Å². The van der Waals surface area contributed by atoms with E-state index in [1.807, 2.05) is 0 Å². The van der Waals surface area contributed by atoms with E-state index < -0.39 is 6.09 Å². The van der Waals surface area contributed by atoms with E-state index >= 15 is 0 Å². The summed E-state index contributed by atoms with van der Waals surface area (Å²) in [5.41, 5.74) is 0.277. The maximum Gasteiger partial charge on any atom is 0.407 e. The Balaban J connectivity index is 1.69. The fourth-order valence-electron chi connectivity index (χ4n) is 2.98. The molecule has 0 bridgehead atoms. The minimum absolute atomic E-state index is 0.254. The van der Waals surface area contributed by atoms with Crippen LogP contribution in [0.4, 0.5) is 4.79 Å². The van der Waals surface area contributed by atoms with Gasteiger partial charge in [-0.25, -0.2) is 9.78 Å². The number of carboxylic acid groups (broad SMARTS) is 1. The molecule has 0 atom stereocenters. The topological polar surface area (TPSA) is 95.6 Å². The SMILES string of the molecule is CC(C)(Cc1nnc(-c2cnc(Cl)cc2Cl)o1)N1CCN(C(=O)O)CC1. The lowest BCUT2D eigenvalue weighted by Gasteiger charge is -2.42. The summed E-state index contributed by atoms with van der Waals surface area (Å²) in [6.07, 6.45) is 1.15. The smallest absolute Gasteiger partial charge is 0.407 e. The molecule has 26 heavy (non-hydrogen) atoms. The summed E-state index contributed by atoms with van der Waals surface area (Å²) >= 11 is 12.0. The Labute approximate surface area is 160 Å². The highest BCUT2D eigenvalue weighted by Crippen LogP contribution is 2.29. The van der Waals surface area contributed by atoms with Crippen LogP contribution >= 0.6 is 23.2 Å². The lowest BCUT2D eigenvalue weighted by atomic mass is 9.97. The highest BCUT2D eigenvalue weighted by atomic mass is 35.5. The van der Waals surface area contributed by atoms with Gasteiger partial charge >= 0.3 is 6.09 Å². The number of rotatable bonds is 4. The molecule has 1 amide bonds. The lowest BCUT2D eigenvalue weighted by Crippen LogP contribution is -2.56. The third kappa shape index (κ3) is 4.08. The van der Waals surface area contributed by atoms with Crippen molar-refractivity contribution < 1.29 is 14.3 Å². The number of piperazine rings is 1. The lowest BCUT2D eigenvalue weighted by molar-refractivity contribution is 0.0484. The molecule has 0 saturated carbocycles. The van der Waals surface area contributed by atoms with Crippen LogP contribution in [-0.2, 0) is 6.42 Å². The molecular weight excluding hydrogens is 381 g/mol. The van der Waals surface area contributed by atoms with Gasteiger partial charge in [-0.15, -0.1) is 10.2 Å². The summed E-state index contributed by atoms with van der Waals surface area (Å²) in [4.78, 5) is 18.7. The molecule has 8 nitrogen and oxygen atoms in total. The minimum atomic E-state index is -0.877. The summed E-state index contributed by atoms with van der Waals surface area (Å²) in [5.74, 6) is 0.775. The second-order valence-corrected chi connectivity index (χ2v) is 7.53. The van der Waals surface area contributed by atoms with Crippen LogP contribution in [-0.4, -0.2) is 67.9 Å². The molecule has 0 radical (unpaired) electrons. The molecule has 1 N–H and O–H groups in total. The van der Waals surface area contributed by atoms with Crippen LogP contribution in [0.15, 0.2) is 16.7 Å². The summed E-state index contributed by atoms with van der Waals surface area (Å²) in [7, 11) is 0. The summed E-state index contributed by atoms with van der Waals surface area (Å²) < 4.78 is 5.76. The molecule has 2 aromatic heterocycles. The standard InChI is InChI=1S/C16H19Cl2N5O3/c1-16(2,23-5-3-22(4-6-23)15(24)25)8-13-20-21-14(26-13)10-9-19-12(18)7-11(10)17/h7,9H,3-6,8H2,1-2H3,(H,24,25). The molecule has 140 valence electrons. The summed E-state index contributed by atoms with van der Waals surface area (Å²) in [5, 5.41) is 17.9. The van der Waals surface area contributed by atoms with Gasteiger partial charge in [-0.1, -0.05) is 23.2 Å². The number of hydrogen-bond acceptors (Lipinski definition) is 6. The number of carbonyl (C=O) groups is 1. The molecule has 0 aromatic carbocycles. The molecule has 3 rings (SSSR count). The number of amides is 1. The predicted molar refractivity (Wildman–Crippen MR) is 96.5 cm³/mol. The zero-order valence-electron chi connectivity index (χ0n) is 14.4. The first kappa shape index (κ1) is 18.9. The van der Waals surface area contributed by atoms with Gasteiger partial charge in [0, 0.05) is 44.3 Å². The first-order valence-corrected chi connectivity index (χ1v) is 8.88. The Hall–Kier alpha value is -1.90. The molecule has 0 aliphatic carbocycles. The van der Waals surface area contributed by atoms with E-state index in [9.17, 15) is 4.79 Å². The maximum atomic E-state index is 11.0. The van der Waals surface area contributed by atoms with E-state index in [2.05, 4.69) is 33.9 Å². The van der Waals surface area contributed by atoms with E-state index in [1.54, 1.807) is 0 Å². The molecule has 1 aliphatic heterocycles. The number of hydrogen-bond donors (Lipinski definition) is 1. The minimum Gasteiger partial charge on any atom is -0.465 e. The normalized spacial score (nSPS) is 16.1. The van der Waals surface area contributed by atoms with Crippen molar-refractivity contribution in [2.45, 2.75) is 25.8 Å². The Bertz CT molecular complexity index is 803. The molecule has 0 spiro atoms. The molecule has 2 aromatic rings. The molecule has 1 aliphatic rings. The van der Waals surface area contributed by atoms with Crippen molar-refractivity contribution in [3.8, 4) is 11.5 Å². The van der Waals surface area contributed by atoms with Crippen LogP contribution in [0.25, 0.3) is 11.5 Å². The maximum absolute atomic E-state index is 11.0. The third-order valence-corrected chi connectivity index (χ3v) is 5.03. The number of halogens is 2. The van der Waals surface area contributed by atoms with Crippen LogP contribution in [0.5, 0.6) is 0 Å². The van der Waals surface area contributed by atoms with Crippen LogP contribution in [0.3, 0.4) is 0 Å². The number of pyridine rings is 1. The zero-order valence-corrected chi connectivity index (χ0v) is 16.0. The van der Waals surface area contributed by atoms with Gasteiger partial charge in [-0.3, -0.25) is 4.90 Å². The van der Waals surface area contributed by atoms with Gasteiger partial charge in [-0.05, 0) is 19.9 Å². The van der Waals surface area contributed by atoms with Crippen LogP contribution in [0.2, 0.25) is 10.2 Å². The molecule has 1 saturated heterocycles. The van der Waals surface area contributed by atoms with Gasteiger partial charge in [-0.2, -0.15) is 0 Å². The largest absolute Gasteiger partial charge is 0.465 e. The zero-order chi connectivity index (χ0) is 18.9. The van der Waals surface area contributed by atoms with E-state index in [-0.39, 0.29) is 5.54 Å². The Morgan fingerprint density at radius 2 is 1.96 bits per heavy atom. The second-order valence-electron chi connectivity index (χ2n) is 6.73. The fourth-order valence-corrected chi connectivity index (χ4v) is 3.43. The monoisotopic (exact) mass is 399 g/mol.